The standard InChI is InChI=1S/C24H19NO5/c1-30-19-12-6-8-16(14-19)22(27)20-21(15-7-5-11-18(26)13-15)25(24(29)23(20)28)17-9-3-2-4-10-17/h2-14,21,26-27H,1H3/b22-20-. The van der Waals surface area contributed by atoms with Crippen molar-refractivity contribution in [3.63, 3.8) is 0 Å². The minimum absolute atomic E-state index is 0.00692. The molecule has 0 aromatic heterocycles. The number of phenols is 1. The van der Waals surface area contributed by atoms with E-state index in [0.717, 1.165) is 0 Å². The highest BCUT2D eigenvalue weighted by molar-refractivity contribution is 6.51. The van der Waals surface area contributed by atoms with Gasteiger partial charge in [0.25, 0.3) is 11.7 Å². The van der Waals surface area contributed by atoms with Crippen molar-refractivity contribution in [3.8, 4) is 11.5 Å². The molecule has 4 rings (SSSR count). The lowest BCUT2D eigenvalue weighted by Crippen LogP contribution is -2.29. The van der Waals surface area contributed by atoms with Crippen molar-refractivity contribution in [1.82, 2.24) is 0 Å². The predicted molar refractivity (Wildman–Crippen MR) is 112 cm³/mol. The van der Waals surface area contributed by atoms with Crippen LogP contribution in [0, 0.1) is 0 Å². The normalized spacial score (nSPS) is 17.9. The number of phenolic OH excluding ortho intramolecular Hbond substituents is 1. The maximum atomic E-state index is 13.0. The number of ketones is 1. The number of benzene rings is 3. The summed E-state index contributed by atoms with van der Waals surface area (Å²) in [6.07, 6.45) is 0. The zero-order chi connectivity index (χ0) is 21.3. The van der Waals surface area contributed by atoms with E-state index in [2.05, 4.69) is 0 Å². The van der Waals surface area contributed by atoms with E-state index < -0.39 is 17.7 Å². The summed E-state index contributed by atoms with van der Waals surface area (Å²) in [7, 11) is 1.50. The minimum Gasteiger partial charge on any atom is -0.508 e. The van der Waals surface area contributed by atoms with Gasteiger partial charge in [0.2, 0.25) is 0 Å². The number of hydrogen-bond acceptors (Lipinski definition) is 5. The van der Waals surface area contributed by atoms with Gasteiger partial charge in [-0.05, 0) is 42.0 Å². The van der Waals surface area contributed by atoms with Crippen molar-refractivity contribution >= 4 is 23.1 Å². The SMILES string of the molecule is COc1cccc(/C(O)=C2/C(=O)C(=O)N(c3ccccc3)C2c2cccc(O)c2)c1. The molecular weight excluding hydrogens is 382 g/mol. The fraction of sp³-hybridized carbons (Fsp3) is 0.0833. The molecule has 0 radical (unpaired) electrons. The number of anilines is 1. The number of rotatable bonds is 4. The summed E-state index contributed by atoms with van der Waals surface area (Å²) < 4.78 is 5.20. The van der Waals surface area contributed by atoms with E-state index in [0.29, 0.717) is 22.6 Å². The number of amides is 1. The van der Waals surface area contributed by atoms with Gasteiger partial charge in [-0.2, -0.15) is 0 Å². The fourth-order valence-corrected chi connectivity index (χ4v) is 3.62. The highest BCUT2D eigenvalue weighted by atomic mass is 16.5. The van der Waals surface area contributed by atoms with E-state index in [1.165, 1.54) is 24.1 Å². The van der Waals surface area contributed by atoms with Crippen molar-refractivity contribution in [3.05, 3.63) is 95.6 Å². The van der Waals surface area contributed by atoms with Crippen molar-refractivity contribution < 1.29 is 24.5 Å². The molecule has 1 aliphatic heterocycles. The minimum atomic E-state index is -0.897. The van der Waals surface area contributed by atoms with E-state index in [4.69, 9.17) is 4.74 Å². The number of aliphatic hydroxyl groups excluding tert-OH is 1. The van der Waals surface area contributed by atoms with Crippen molar-refractivity contribution in [2.75, 3.05) is 12.0 Å². The molecular formula is C24H19NO5. The fourth-order valence-electron chi connectivity index (χ4n) is 3.62. The van der Waals surface area contributed by atoms with Crippen LogP contribution in [0.5, 0.6) is 11.5 Å². The second-order valence-electron chi connectivity index (χ2n) is 6.83. The number of nitrogens with zero attached hydrogens (tertiary/aromatic N) is 1. The zero-order valence-electron chi connectivity index (χ0n) is 16.1. The number of para-hydroxylation sites is 1. The van der Waals surface area contributed by atoms with Crippen LogP contribution in [0.4, 0.5) is 5.69 Å². The summed E-state index contributed by atoms with van der Waals surface area (Å²) in [5.74, 6) is -1.36. The summed E-state index contributed by atoms with van der Waals surface area (Å²) in [4.78, 5) is 27.3. The van der Waals surface area contributed by atoms with E-state index in [1.807, 2.05) is 0 Å². The third-order valence-corrected chi connectivity index (χ3v) is 5.01. The third-order valence-electron chi connectivity index (χ3n) is 5.01. The Labute approximate surface area is 173 Å². The summed E-state index contributed by atoms with van der Waals surface area (Å²) in [5.41, 5.74) is 1.31. The molecule has 1 fully saturated rings. The van der Waals surface area contributed by atoms with Crippen LogP contribution in [-0.2, 0) is 9.59 Å². The Bertz CT molecular complexity index is 1150. The predicted octanol–water partition coefficient (Wildman–Crippen LogP) is 4.03. The highest BCUT2D eigenvalue weighted by Gasteiger charge is 2.47. The topological polar surface area (TPSA) is 87.1 Å². The van der Waals surface area contributed by atoms with Gasteiger partial charge >= 0.3 is 0 Å². The second-order valence-corrected chi connectivity index (χ2v) is 6.83. The monoisotopic (exact) mass is 401 g/mol. The largest absolute Gasteiger partial charge is 0.508 e. The molecule has 3 aromatic carbocycles. The van der Waals surface area contributed by atoms with E-state index >= 15 is 0 Å². The lowest BCUT2D eigenvalue weighted by molar-refractivity contribution is -0.132. The van der Waals surface area contributed by atoms with Crippen LogP contribution in [0.3, 0.4) is 0 Å². The van der Waals surface area contributed by atoms with Gasteiger partial charge in [0.1, 0.15) is 17.3 Å². The first-order valence-electron chi connectivity index (χ1n) is 9.30. The molecule has 0 saturated carbocycles. The molecule has 1 aliphatic rings. The maximum absolute atomic E-state index is 13.0. The van der Waals surface area contributed by atoms with Crippen molar-refractivity contribution in [1.29, 1.82) is 0 Å². The molecule has 3 aromatic rings. The summed E-state index contributed by atoms with van der Waals surface area (Å²) in [6, 6.07) is 20.8. The molecule has 1 unspecified atom stereocenters. The Hall–Kier alpha value is -4.06. The lowest BCUT2D eigenvalue weighted by atomic mass is 9.95. The van der Waals surface area contributed by atoms with Crippen LogP contribution in [0.15, 0.2) is 84.4 Å². The molecule has 1 heterocycles. The molecule has 0 spiro atoms. The molecule has 1 saturated heterocycles. The van der Waals surface area contributed by atoms with Crippen LogP contribution in [-0.4, -0.2) is 29.0 Å². The van der Waals surface area contributed by atoms with Gasteiger partial charge in [0, 0.05) is 11.3 Å². The Kier molecular flexibility index (Phi) is 4.98. The highest BCUT2D eigenvalue weighted by Crippen LogP contribution is 2.42. The molecule has 30 heavy (non-hydrogen) atoms. The van der Waals surface area contributed by atoms with Crippen molar-refractivity contribution in [2.24, 2.45) is 0 Å². The number of carbonyl (C=O) groups is 2. The summed E-state index contributed by atoms with van der Waals surface area (Å²) in [6.45, 7) is 0. The molecule has 0 aliphatic carbocycles. The van der Waals surface area contributed by atoms with Gasteiger partial charge in [-0.15, -0.1) is 0 Å². The average molecular weight is 401 g/mol. The maximum Gasteiger partial charge on any atom is 0.300 e. The lowest BCUT2D eigenvalue weighted by Gasteiger charge is -2.25. The van der Waals surface area contributed by atoms with Crippen LogP contribution in [0.25, 0.3) is 5.76 Å². The zero-order valence-corrected chi connectivity index (χ0v) is 16.1. The molecule has 2 N–H and O–H groups in total. The second kappa shape index (κ2) is 7.75. The number of Topliss-reactive ketones (excluding diaryl/α,β-unsaturated/α-hetero) is 1. The van der Waals surface area contributed by atoms with Gasteiger partial charge in [0.05, 0.1) is 18.7 Å². The smallest absolute Gasteiger partial charge is 0.300 e. The summed E-state index contributed by atoms with van der Waals surface area (Å²) >= 11 is 0. The van der Waals surface area contributed by atoms with E-state index in [1.54, 1.807) is 66.7 Å². The number of ether oxygens (including phenoxy) is 1. The van der Waals surface area contributed by atoms with Crippen LogP contribution in [0.1, 0.15) is 17.2 Å². The van der Waals surface area contributed by atoms with Crippen LogP contribution in [0.2, 0.25) is 0 Å². The first-order valence-corrected chi connectivity index (χ1v) is 9.30. The van der Waals surface area contributed by atoms with Crippen molar-refractivity contribution in [2.45, 2.75) is 6.04 Å². The molecule has 150 valence electrons. The van der Waals surface area contributed by atoms with Gasteiger partial charge in [-0.3, -0.25) is 14.5 Å². The number of carbonyl (C=O) groups excluding carboxylic acids is 2. The van der Waals surface area contributed by atoms with E-state index in [-0.39, 0.29) is 17.1 Å². The van der Waals surface area contributed by atoms with E-state index in [9.17, 15) is 19.8 Å². The molecule has 6 heteroatoms. The van der Waals surface area contributed by atoms with Crippen LogP contribution < -0.4 is 9.64 Å². The first-order chi connectivity index (χ1) is 14.5. The molecule has 6 nitrogen and oxygen atoms in total. The summed E-state index contributed by atoms with van der Waals surface area (Å²) in [5, 5.41) is 21.0. The number of methoxy groups -OCH3 is 1. The number of hydrogen-bond donors (Lipinski definition) is 2. The van der Waals surface area contributed by atoms with Crippen LogP contribution >= 0.6 is 0 Å². The van der Waals surface area contributed by atoms with Gasteiger partial charge in [-0.25, -0.2) is 0 Å². The Morgan fingerprint density at radius 3 is 2.37 bits per heavy atom. The quantitative estimate of drug-likeness (QED) is 0.392. The third kappa shape index (κ3) is 3.28. The molecule has 1 atom stereocenters. The van der Waals surface area contributed by atoms with Gasteiger partial charge < -0.3 is 14.9 Å². The molecule has 0 bridgehead atoms. The Morgan fingerprint density at radius 2 is 1.67 bits per heavy atom. The molecule has 1 amide bonds. The number of aromatic hydroxyl groups is 1. The first kappa shape index (κ1) is 19.3. The van der Waals surface area contributed by atoms with Gasteiger partial charge in [0.15, 0.2) is 0 Å². The van der Waals surface area contributed by atoms with Gasteiger partial charge in [-0.1, -0.05) is 42.5 Å². The Balaban J connectivity index is 1.95. The average Bonchev–Trinajstić information content (AvgIpc) is 3.04. The Morgan fingerprint density at radius 1 is 0.933 bits per heavy atom. The number of aliphatic hydroxyl groups is 1.